The van der Waals surface area contributed by atoms with E-state index in [4.69, 9.17) is 13.9 Å². The van der Waals surface area contributed by atoms with Gasteiger partial charge in [-0.2, -0.15) is 0 Å². The van der Waals surface area contributed by atoms with E-state index in [9.17, 15) is 24.5 Å². The summed E-state index contributed by atoms with van der Waals surface area (Å²) in [7, 11) is -2.52. The van der Waals surface area contributed by atoms with Crippen LogP contribution in [0.1, 0.15) is 59.1 Å². The molecule has 1 unspecified atom stereocenters. The van der Waals surface area contributed by atoms with Gasteiger partial charge >= 0.3 is 11.9 Å². The largest absolute Gasteiger partial charge is 0.460 e. The summed E-state index contributed by atoms with van der Waals surface area (Å²) in [5, 5.41) is 15.5. The van der Waals surface area contributed by atoms with Crippen molar-refractivity contribution in [2.45, 2.75) is 75.4 Å². The van der Waals surface area contributed by atoms with Crippen molar-refractivity contribution in [1.29, 1.82) is 0 Å². The number of nitrogens with zero attached hydrogens (tertiary/aromatic N) is 1. The third-order valence-electron chi connectivity index (χ3n) is 9.04. The number of benzene rings is 2. The van der Waals surface area contributed by atoms with E-state index in [2.05, 4.69) is 75.9 Å². The number of nitro benzene ring substituents is 1. The van der Waals surface area contributed by atoms with E-state index in [1.165, 1.54) is 30.4 Å². The fourth-order valence-corrected chi connectivity index (χ4v) is 13.1. The van der Waals surface area contributed by atoms with Crippen LogP contribution in [0, 0.1) is 10.1 Å². The van der Waals surface area contributed by atoms with Crippen LogP contribution in [0.4, 0.5) is 11.4 Å². The van der Waals surface area contributed by atoms with E-state index in [0.29, 0.717) is 10.2 Å². The number of hydrogen-bond donors (Lipinski definition) is 1. The molecule has 0 aromatic heterocycles. The Hall–Kier alpha value is -3.61. The van der Waals surface area contributed by atoms with Gasteiger partial charge in [0.25, 0.3) is 5.69 Å². The van der Waals surface area contributed by atoms with Crippen molar-refractivity contribution >= 4 is 53.5 Å². The van der Waals surface area contributed by atoms with Crippen molar-refractivity contribution in [2.24, 2.45) is 0 Å². The van der Waals surface area contributed by atoms with E-state index in [1.807, 2.05) is 0 Å². The Balaban J connectivity index is 2.52. The van der Waals surface area contributed by atoms with Gasteiger partial charge in [0.2, 0.25) is 11.3 Å². The number of para-hydroxylation sites is 1. The molecule has 248 valence electrons. The van der Waals surface area contributed by atoms with Crippen molar-refractivity contribution in [3.63, 3.8) is 0 Å². The number of nitro groups is 1. The van der Waals surface area contributed by atoms with Crippen molar-refractivity contribution in [3.8, 4) is 0 Å². The molecule has 0 spiro atoms. The first-order valence-electron chi connectivity index (χ1n) is 15.3. The van der Waals surface area contributed by atoms with E-state index < -0.39 is 47.6 Å². The molecule has 2 aromatic rings. The molecule has 0 bridgehead atoms. The zero-order valence-corrected chi connectivity index (χ0v) is 29.8. The van der Waals surface area contributed by atoms with Gasteiger partial charge < -0.3 is 19.2 Å². The molecule has 1 aliphatic heterocycles. The number of carbonyl (C=O) groups excluding carboxylic acids is 3. The lowest BCUT2D eigenvalue weighted by Crippen LogP contribution is -2.64. The zero-order chi connectivity index (χ0) is 34.4. The molecule has 1 N–H and O–H groups in total. The van der Waals surface area contributed by atoms with Crippen molar-refractivity contribution < 1.29 is 33.2 Å². The molecule has 12 heteroatoms. The van der Waals surface area contributed by atoms with E-state index in [-0.39, 0.29) is 54.0 Å². The maximum Gasteiger partial charge on any atom is 0.330 e. The monoisotopic (exact) mass is 714 g/mol. The summed E-state index contributed by atoms with van der Waals surface area (Å²) >= 11 is 3.27. The van der Waals surface area contributed by atoms with Crippen LogP contribution in [0.25, 0.3) is 0 Å². The molecule has 1 heterocycles. The summed E-state index contributed by atoms with van der Waals surface area (Å²) < 4.78 is 18.4. The van der Waals surface area contributed by atoms with E-state index in [0.717, 1.165) is 0 Å². The second-order valence-electron chi connectivity index (χ2n) is 12.3. The van der Waals surface area contributed by atoms with Crippen LogP contribution >= 0.6 is 15.9 Å². The second-order valence-corrected chi connectivity index (χ2v) is 18.6. The molecule has 0 aliphatic carbocycles. The molecule has 1 amide bonds. The van der Waals surface area contributed by atoms with Gasteiger partial charge in [-0.25, -0.2) is 0 Å². The molecule has 0 saturated heterocycles. The molecule has 3 rings (SSSR count). The number of nitrogens with one attached hydrogen (secondary N) is 1. The zero-order valence-electron chi connectivity index (χ0n) is 27.3. The first kappa shape index (κ1) is 36.9. The molecular weight excluding hydrogens is 672 g/mol. The van der Waals surface area contributed by atoms with Crippen LogP contribution in [0.3, 0.4) is 0 Å². The summed E-state index contributed by atoms with van der Waals surface area (Å²) in [5.74, 6) is -3.11. The summed E-state index contributed by atoms with van der Waals surface area (Å²) in [6, 6.07) is 10.6. The predicted octanol–water partition coefficient (Wildman–Crippen LogP) is 7.53. The fraction of sp³-hybridized carbons (Fsp3) is 0.441. The van der Waals surface area contributed by atoms with E-state index >= 15 is 0 Å². The van der Waals surface area contributed by atoms with Gasteiger partial charge in [0, 0.05) is 22.8 Å². The maximum absolute atomic E-state index is 14.7. The van der Waals surface area contributed by atoms with Crippen molar-refractivity contribution in [1.82, 2.24) is 0 Å². The molecule has 0 fully saturated rings. The Kier molecular flexibility index (Phi) is 11.9. The molecule has 10 nitrogen and oxygen atoms in total. The number of rotatable bonds is 16. The quantitative estimate of drug-likeness (QED) is 0.0471. The summed E-state index contributed by atoms with van der Waals surface area (Å²) in [5.41, 5.74) is -4.49. The van der Waals surface area contributed by atoms with Gasteiger partial charge in [-0.05, 0) is 46.8 Å². The van der Waals surface area contributed by atoms with Gasteiger partial charge in [-0.1, -0.05) is 101 Å². The average molecular weight is 716 g/mol. The topological polar surface area (TPSA) is 134 Å². The summed E-state index contributed by atoms with van der Waals surface area (Å²) in [6.07, 6.45) is 2.41. The number of esters is 2. The maximum atomic E-state index is 14.7. The molecule has 0 saturated carbocycles. The third kappa shape index (κ3) is 6.10. The number of halogens is 1. The SMILES string of the molecule is C=CCOC(=O)C(C(=O)OCC=C)(c1ccc(Br)cc1[N+](=O)[O-])C1(CCO[Si](C(C)C)(C(C)C)C(C)C)C(=O)Nc2ccccc21. The van der Waals surface area contributed by atoms with E-state index in [1.54, 1.807) is 24.3 Å². The number of fused-ring (bicyclic) bond motifs is 1. The van der Waals surface area contributed by atoms with Gasteiger partial charge in [-0.15, -0.1) is 0 Å². The molecule has 2 aromatic carbocycles. The predicted molar refractivity (Wildman–Crippen MR) is 183 cm³/mol. The standard InChI is InChI=1S/C34H43BrN2O8Si/c1-9-18-43-31(39)34(32(40)44-19-10-2,27-16-15-25(35)21-29(27)37(41)42)33(26-13-11-12-14-28(26)36-30(33)38)17-20-45-46(22(3)4,23(5)6)24(7)8/h9-16,21-24H,1-2,17-20H2,3-8H3,(H,36,38). The minimum absolute atomic E-state index is 0.0297. The van der Waals surface area contributed by atoms with Gasteiger partial charge in [0.15, 0.2) is 8.32 Å². The lowest BCUT2D eigenvalue weighted by atomic mass is 9.55. The highest BCUT2D eigenvalue weighted by Gasteiger charge is 2.73. The Labute approximate surface area is 280 Å². The van der Waals surface area contributed by atoms with Crippen LogP contribution in [0.2, 0.25) is 16.6 Å². The lowest BCUT2D eigenvalue weighted by Gasteiger charge is -2.45. The molecule has 1 aliphatic rings. The second kappa shape index (κ2) is 14.9. The lowest BCUT2D eigenvalue weighted by molar-refractivity contribution is -0.386. The van der Waals surface area contributed by atoms with Crippen LogP contribution in [-0.2, 0) is 39.1 Å². The molecular formula is C34H43BrN2O8Si. The van der Waals surface area contributed by atoms with Gasteiger partial charge in [0.05, 0.1) is 10.5 Å². The summed E-state index contributed by atoms with van der Waals surface area (Å²) in [4.78, 5) is 55.9. The number of anilines is 1. The highest BCUT2D eigenvalue weighted by molar-refractivity contribution is 9.10. The van der Waals surface area contributed by atoms with Crippen LogP contribution in [0.15, 0.2) is 72.2 Å². The molecule has 1 atom stereocenters. The Bertz CT molecular complexity index is 1460. The fourth-order valence-electron chi connectivity index (χ4n) is 7.34. The highest BCUT2D eigenvalue weighted by atomic mass is 79.9. The molecule has 46 heavy (non-hydrogen) atoms. The Morgan fingerprint density at radius 2 is 1.54 bits per heavy atom. The van der Waals surface area contributed by atoms with Gasteiger partial charge in [0.1, 0.15) is 18.6 Å². The first-order valence-corrected chi connectivity index (χ1v) is 18.2. The normalized spacial score (nSPS) is 16.3. The van der Waals surface area contributed by atoms with Crippen molar-refractivity contribution in [3.05, 3.63) is 93.5 Å². The molecule has 0 radical (unpaired) electrons. The third-order valence-corrected chi connectivity index (χ3v) is 15.6. The van der Waals surface area contributed by atoms with Crippen LogP contribution in [0.5, 0.6) is 0 Å². The van der Waals surface area contributed by atoms with Gasteiger partial charge in [-0.3, -0.25) is 24.5 Å². The van der Waals surface area contributed by atoms with Crippen molar-refractivity contribution in [2.75, 3.05) is 25.1 Å². The number of hydrogen-bond acceptors (Lipinski definition) is 8. The average Bonchev–Trinajstić information content (AvgIpc) is 3.28. The summed E-state index contributed by atoms with van der Waals surface area (Å²) in [6.45, 7) is 19.2. The number of carbonyl (C=O) groups is 3. The Morgan fingerprint density at radius 1 is 1.00 bits per heavy atom. The first-order chi connectivity index (χ1) is 21.7. The number of amides is 1. The minimum atomic E-state index is -2.69. The minimum Gasteiger partial charge on any atom is -0.460 e. The highest BCUT2D eigenvalue weighted by Crippen LogP contribution is 2.57. The Morgan fingerprint density at radius 3 is 2.04 bits per heavy atom. The smallest absolute Gasteiger partial charge is 0.330 e. The van der Waals surface area contributed by atoms with Crippen LogP contribution in [-0.4, -0.2) is 50.9 Å². The number of ether oxygens (including phenoxy) is 2. The van der Waals surface area contributed by atoms with Crippen LogP contribution < -0.4 is 5.32 Å².